The number of esters is 1. The fraction of sp³-hybridized carbons (Fsp3) is 0.222. The molecule has 1 aromatic rings. The van der Waals surface area contributed by atoms with E-state index in [1.165, 1.54) is 0 Å². The third-order valence-electron chi connectivity index (χ3n) is 1.60. The number of rotatable bonds is 2. The molecule has 0 atom stereocenters. The predicted octanol–water partition coefficient (Wildman–Crippen LogP) is 1.29. The lowest BCUT2D eigenvalue weighted by atomic mass is 10.1. The average molecular weight is 199 g/mol. The molecule has 0 aliphatic heterocycles. The molecule has 0 saturated heterocycles. The lowest BCUT2D eigenvalue weighted by Gasteiger charge is -2.06. The molecule has 5 heteroatoms. The maximum Gasteiger partial charge on any atom is 0.342 e. The molecule has 0 radical (unpaired) electrons. The van der Waals surface area contributed by atoms with E-state index < -0.39 is 17.5 Å². The molecule has 14 heavy (non-hydrogen) atoms. The molecule has 1 rings (SSSR count). The van der Waals surface area contributed by atoms with E-state index in [1.54, 1.807) is 6.92 Å². The smallest absolute Gasteiger partial charge is 0.342 e. The zero-order valence-corrected chi connectivity index (χ0v) is 7.58. The molecule has 0 heterocycles. The van der Waals surface area contributed by atoms with E-state index in [-0.39, 0.29) is 17.9 Å². The third kappa shape index (κ3) is 1.93. The van der Waals surface area contributed by atoms with E-state index in [1.807, 2.05) is 0 Å². The minimum Gasteiger partial charge on any atom is -0.505 e. The van der Waals surface area contributed by atoms with Gasteiger partial charge in [-0.3, -0.25) is 0 Å². The summed E-state index contributed by atoms with van der Waals surface area (Å²) in [6.45, 7) is 1.76. The number of aromatic hydroxyl groups is 1. The van der Waals surface area contributed by atoms with Gasteiger partial charge in [0, 0.05) is 6.07 Å². The molecule has 0 fully saturated rings. The zero-order chi connectivity index (χ0) is 10.7. The highest BCUT2D eigenvalue weighted by Gasteiger charge is 2.15. The molecule has 0 saturated carbocycles. The molecule has 1 aromatic carbocycles. The van der Waals surface area contributed by atoms with Gasteiger partial charge in [-0.25, -0.2) is 9.18 Å². The molecule has 0 spiro atoms. The molecule has 0 amide bonds. The van der Waals surface area contributed by atoms with E-state index in [2.05, 4.69) is 4.74 Å². The topological polar surface area (TPSA) is 72.5 Å². The van der Waals surface area contributed by atoms with E-state index >= 15 is 0 Å². The number of halogens is 1. The molecule has 0 unspecified atom stereocenters. The van der Waals surface area contributed by atoms with Gasteiger partial charge in [0.1, 0.15) is 11.4 Å². The van der Waals surface area contributed by atoms with Crippen molar-refractivity contribution in [1.82, 2.24) is 0 Å². The van der Waals surface area contributed by atoms with Crippen molar-refractivity contribution in [3.8, 4) is 5.75 Å². The fourth-order valence-electron chi connectivity index (χ4n) is 0.985. The monoisotopic (exact) mass is 199 g/mol. The van der Waals surface area contributed by atoms with Gasteiger partial charge >= 0.3 is 5.97 Å². The van der Waals surface area contributed by atoms with E-state index in [0.717, 1.165) is 12.1 Å². The highest BCUT2D eigenvalue weighted by Crippen LogP contribution is 2.26. The lowest BCUT2D eigenvalue weighted by molar-refractivity contribution is 0.0522. The van der Waals surface area contributed by atoms with Crippen LogP contribution < -0.4 is 5.73 Å². The van der Waals surface area contributed by atoms with Gasteiger partial charge in [-0.2, -0.15) is 0 Å². The third-order valence-corrected chi connectivity index (χ3v) is 1.60. The van der Waals surface area contributed by atoms with Crippen molar-refractivity contribution in [3.05, 3.63) is 23.5 Å². The molecular weight excluding hydrogens is 189 g/mol. The fourth-order valence-corrected chi connectivity index (χ4v) is 0.985. The Kier molecular flexibility index (Phi) is 2.91. The Balaban J connectivity index is 3.13. The van der Waals surface area contributed by atoms with Crippen molar-refractivity contribution in [2.24, 2.45) is 0 Å². The Labute approximate surface area is 80.1 Å². The molecule has 76 valence electrons. The van der Waals surface area contributed by atoms with Crippen molar-refractivity contribution in [3.63, 3.8) is 0 Å². The summed E-state index contributed by atoms with van der Waals surface area (Å²) in [5.41, 5.74) is 4.81. The van der Waals surface area contributed by atoms with Gasteiger partial charge in [0.2, 0.25) is 0 Å². The van der Waals surface area contributed by atoms with Crippen LogP contribution in [0.5, 0.6) is 5.75 Å². The van der Waals surface area contributed by atoms with Crippen LogP contribution in [0, 0.1) is 5.82 Å². The van der Waals surface area contributed by atoms with Crippen LogP contribution in [0.1, 0.15) is 17.3 Å². The summed E-state index contributed by atoms with van der Waals surface area (Å²) in [6.07, 6.45) is 0. The Morgan fingerprint density at radius 2 is 2.29 bits per heavy atom. The number of carbonyl (C=O) groups excluding carboxylic acids is 1. The van der Waals surface area contributed by atoms with Gasteiger partial charge in [0.15, 0.2) is 5.75 Å². The summed E-state index contributed by atoms with van der Waals surface area (Å²) in [5, 5.41) is 9.33. The van der Waals surface area contributed by atoms with Gasteiger partial charge in [0.25, 0.3) is 0 Å². The molecule has 0 aliphatic rings. The lowest BCUT2D eigenvalue weighted by Crippen LogP contribution is -2.06. The summed E-state index contributed by atoms with van der Waals surface area (Å²) < 4.78 is 17.4. The molecule has 0 aromatic heterocycles. The molecular formula is C9H10FNO3. The number of benzene rings is 1. The van der Waals surface area contributed by atoms with Gasteiger partial charge in [-0.1, -0.05) is 0 Å². The van der Waals surface area contributed by atoms with Crippen LogP contribution >= 0.6 is 0 Å². The summed E-state index contributed by atoms with van der Waals surface area (Å²) in [4.78, 5) is 11.2. The van der Waals surface area contributed by atoms with Crippen LogP contribution in [0.2, 0.25) is 0 Å². The quantitative estimate of drug-likeness (QED) is 0.427. The highest BCUT2D eigenvalue weighted by molar-refractivity contribution is 5.94. The number of phenols is 1. The molecule has 3 N–H and O–H groups in total. The van der Waals surface area contributed by atoms with E-state index in [4.69, 9.17) is 5.73 Å². The number of ether oxygens (including phenoxy) is 1. The Bertz CT molecular complexity index is 365. The van der Waals surface area contributed by atoms with E-state index in [0.29, 0.717) is 0 Å². The van der Waals surface area contributed by atoms with Gasteiger partial charge in [0.05, 0.1) is 12.3 Å². The maximum atomic E-state index is 12.8. The van der Waals surface area contributed by atoms with Crippen molar-refractivity contribution in [2.45, 2.75) is 6.92 Å². The number of hydrogen-bond acceptors (Lipinski definition) is 4. The SMILES string of the molecule is CCOC(=O)c1cc(F)cc(N)c1O. The summed E-state index contributed by atoms with van der Waals surface area (Å²) in [7, 11) is 0. The summed E-state index contributed by atoms with van der Waals surface area (Å²) in [6, 6.07) is 1.81. The van der Waals surface area contributed by atoms with Gasteiger partial charge in [-0.05, 0) is 13.0 Å². The number of nitrogens with two attached hydrogens (primary N) is 1. The van der Waals surface area contributed by atoms with Crippen LogP contribution in [0.15, 0.2) is 12.1 Å². The normalized spacial score (nSPS) is 9.86. The van der Waals surface area contributed by atoms with Crippen molar-refractivity contribution >= 4 is 11.7 Å². The highest BCUT2D eigenvalue weighted by atomic mass is 19.1. The molecule has 4 nitrogen and oxygen atoms in total. The minimum absolute atomic E-state index is 0.148. The first-order valence-corrected chi connectivity index (χ1v) is 4.01. The maximum absolute atomic E-state index is 12.8. The van der Waals surface area contributed by atoms with Crippen molar-refractivity contribution < 1.29 is 19.0 Å². The molecule has 0 bridgehead atoms. The zero-order valence-electron chi connectivity index (χ0n) is 7.58. The second kappa shape index (κ2) is 3.95. The Hall–Kier alpha value is -1.78. The van der Waals surface area contributed by atoms with Crippen LogP contribution in [-0.4, -0.2) is 17.7 Å². The van der Waals surface area contributed by atoms with Crippen LogP contribution in [0.4, 0.5) is 10.1 Å². The first kappa shape index (κ1) is 10.3. The largest absolute Gasteiger partial charge is 0.505 e. The van der Waals surface area contributed by atoms with Crippen molar-refractivity contribution in [2.75, 3.05) is 12.3 Å². The average Bonchev–Trinajstić information content (AvgIpc) is 2.11. The summed E-state index contributed by atoms with van der Waals surface area (Å²) >= 11 is 0. The standard InChI is InChI=1S/C9H10FNO3/c1-2-14-9(13)6-3-5(10)4-7(11)8(6)12/h3-4,12H,2,11H2,1H3. The first-order valence-electron chi connectivity index (χ1n) is 4.01. The summed E-state index contributed by atoms with van der Waals surface area (Å²) in [5.74, 6) is -1.94. The van der Waals surface area contributed by atoms with Gasteiger partial charge in [-0.15, -0.1) is 0 Å². The second-order valence-electron chi connectivity index (χ2n) is 2.61. The van der Waals surface area contributed by atoms with Crippen LogP contribution in [0.3, 0.4) is 0 Å². The van der Waals surface area contributed by atoms with Crippen LogP contribution in [-0.2, 0) is 4.74 Å². The number of carbonyl (C=O) groups is 1. The minimum atomic E-state index is -0.795. The van der Waals surface area contributed by atoms with Gasteiger partial charge < -0.3 is 15.6 Å². The predicted molar refractivity (Wildman–Crippen MR) is 48.4 cm³/mol. The second-order valence-corrected chi connectivity index (χ2v) is 2.61. The Morgan fingerprint density at radius 3 is 2.86 bits per heavy atom. The first-order chi connectivity index (χ1) is 6.56. The number of anilines is 1. The molecule has 0 aliphatic carbocycles. The number of phenolic OH excluding ortho intramolecular Hbond substituents is 1. The van der Waals surface area contributed by atoms with E-state index in [9.17, 15) is 14.3 Å². The Morgan fingerprint density at radius 1 is 1.64 bits per heavy atom. The number of hydrogen-bond donors (Lipinski definition) is 2. The van der Waals surface area contributed by atoms with Crippen LogP contribution in [0.25, 0.3) is 0 Å². The van der Waals surface area contributed by atoms with Crippen molar-refractivity contribution in [1.29, 1.82) is 0 Å². The number of nitrogen functional groups attached to an aromatic ring is 1.